The molecule has 2 atom stereocenters. The highest BCUT2D eigenvalue weighted by molar-refractivity contribution is 6.04. The van der Waals surface area contributed by atoms with Gasteiger partial charge in [0.2, 0.25) is 0 Å². The summed E-state index contributed by atoms with van der Waals surface area (Å²) in [5.74, 6) is -0.269. The van der Waals surface area contributed by atoms with Crippen molar-refractivity contribution in [1.82, 2.24) is 0 Å². The number of carbonyl (C=O) groups excluding carboxylic acids is 1. The second kappa shape index (κ2) is 11.0. The molecule has 0 saturated heterocycles. The number of fused-ring (bicyclic) bond motifs is 1. The van der Waals surface area contributed by atoms with Crippen LogP contribution in [0.3, 0.4) is 0 Å². The Bertz CT molecular complexity index is 675. The zero-order chi connectivity index (χ0) is 18.8. The predicted octanol–water partition coefficient (Wildman–Crippen LogP) is 5.89. The van der Waals surface area contributed by atoms with Crippen molar-refractivity contribution < 1.29 is 14.6 Å². The van der Waals surface area contributed by atoms with Crippen molar-refractivity contribution in [3.05, 3.63) is 48.0 Å². The van der Waals surface area contributed by atoms with Crippen molar-refractivity contribution in [3.63, 3.8) is 0 Å². The minimum absolute atomic E-state index is 0.145. The minimum Gasteiger partial charge on any atom is -0.459 e. The minimum atomic E-state index is -0.269. The van der Waals surface area contributed by atoms with Gasteiger partial charge in [0, 0.05) is 0 Å². The molecule has 0 saturated carbocycles. The molecule has 1 N–H and O–H groups in total. The number of ether oxygens (including phenoxy) is 1. The molecule has 26 heavy (non-hydrogen) atoms. The number of benzene rings is 2. The molecule has 2 rings (SSSR count). The third-order valence-electron chi connectivity index (χ3n) is 4.86. The molecule has 0 amide bonds. The first kappa shape index (κ1) is 20.4. The fraction of sp³-hybridized carbons (Fsp3) is 0.522. The van der Waals surface area contributed by atoms with Gasteiger partial charge in [0.1, 0.15) is 0 Å². The number of hydrogen-bond donors (Lipinski definition) is 1. The molecule has 0 aromatic heterocycles. The molecule has 3 heteroatoms. The van der Waals surface area contributed by atoms with Crippen molar-refractivity contribution in [1.29, 1.82) is 0 Å². The summed E-state index contributed by atoms with van der Waals surface area (Å²) in [5, 5.41) is 12.0. The molecule has 0 spiro atoms. The third-order valence-corrected chi connectivity index (χ3v) is 4.86. The summed E-state index contributed by atoms with van der Waals surface area (Å²) in [6.07, 6.45) is 7.70. The fourth-order valence-electron chi connectivity index (χ4n) is 3.30. The summed E-state index contributed by atoms with van der Waals surface area (Å²) in [4.78, 5) is 12.5. The van der Waals surface area contributed by atoms with Crippen molar-refractivity contribution in [3.8, 4) is 0 Å². The first-order valence-corrected chi connectivity index (χ1v) is 9.98. The van der Waals surface area contributed by atoms with E-state index < -0.39 is 0 Å². The SMILES string of the molecule is CCCCCCC(O)CCCC(C)OC(=O)c1cccc2ccccc12. The average Bonchev–Trinajstić information content (AvgIpc) is 2.64. The number of hydrogen-bond acceptors (Lipinski definition) is 3. The van der Waals surface area contributed by atoms with Crippen molar-refractivity contribution in [2.24, 2.45) is 0 Å². The molecular weight excluding hydrogens is 324 g/mol. The molecule has 0 aliphatic heterocycles. The highest BCUT2D eigenvalue weighted by Gasteiger charge is 2.15. The fourth-order valence-corrected chi connectivity index (χ4v) is 3.30. The molecule has 2 aromatic carbocycles. The maximum atomic E-state index is 12.5. The van der Waals surface area contributed by atoms with Crippen LogP contribution >= 0.6 is 0 Å². The molecule has 3 nitrogen and oxygen atoms in total. The molecule has 0 bridgehead atoms. The van der Waals surface area contributed by atoms with E-state index in [0.717, 1.165) is 42.9 Å². The lowest BCUT2D eigenvalue weighted by Crippen LogP contribution is -2.16. The first-order valence-electron chi connectivity index (χ1n) is 9.98. The lowest BCUT2D eigenvalue weighted by Gasteiger charge is -2.15. The number of unbranched alkanes of at least 4 members (excludes halogenated alkanes) is 3. The van der Waals surface area contributed by atoms with E-state index in [9.17, 15) is 9.90 Å². The van der Waals surface area contributed by atoms with Crippen LogP contribution in [-0.2, 0) is 4.74 Å². The summed E-state index contributed by atoms with van der Waals surface area (Å²) in [6.45, 7) is 4.12. The molecule has 0 fully saturated rings. The Balaban J connectivity index is 1.75. The van der Waals surface area contributed by atoms with Gasteiger partial charge in [-0.15, -0.1) is 0 Å². The van der Waals surface area contributed by atoms with Crippen LogP contribution in [0.25, 0.3) is 10.8 Å². The molecule has 2 aromatic rings. The molecule has 2 unspecified atom stereocenters. The first-order chi connectivity index (χ1) is 12.6. The Kier molecular flexibility index (Phi) is 8.63. The number of esters is 1. The van der Waals surface area contributed by atoms with E-state index in [1.54, 1.807) is 0 Å². The zero-order valence-electron chi connectivity index (χ0n) is 16.1. The van der Waals surface area contributed by atoms with Crippen molar-refractivity contribution in [2.45, 2.75) is 77.4 Å². The number of rotatable bonds is 11. The molecular formula is C23H32O3. The van der Waals surface area contributed by atoms with Crippen LogP contribution in [0.15, 0.2) is 42.5 Å². The molecule has 142 valence electrons. The second-order valence-electron chi connectivity index (χ2n) is 7.18. The van der Waals surface area contributed by atoms with Crippen LogP contribution in [0.1, 0.15) is 75.6 Å². The largest absolute Gasteiger partial charge is 0.459 e. The highest BCUT2D eigenvalue weighted by atomic mass is 16.5. The maximum Gasteiger partial charge on any atom is 0.339 e. The van der Waals surface area contributed by atoms with Crippen LogP contribution in [0.2, 0.25) is 0 Å². The van der Waals surface area contributed by atoms with Gasteiger partial charge in [0.05, 0.1) is 17.8 Å². The molecule has 0 aliphatic carbocycles. The maximum absolute atomic E-state index is 12.5. The summed E-state index contributed by atoms with van der Waals surface area (Å²) in [6, 6.07) is 13.5. The van der Waals surface area contributed by atoms with Gasteiger partial charge in [0.25, 0.3) is 0 Å². The van der Waals surface area contributed by atoms with Crippen LogP contribution in [0, 0.1) is 0 Å². The number of aliphatic hydroxyl groups excluding tert-OH is 1. The molecule has 0 aliphatic rings. The standard InChI is InChI=1S/C23H32O3/c1-3-4-5-6-14-20(24)15-9-11-18(2)26-23(25)22-17-10-13-19-12-7-8-16-21(19)22/h7-8,10,12-13,16-18,20,24H,3-6,9,11,14-15H2,1-2H3. The van der Waals surface area contributed by atoms with Crippen LogP contribution in [0.4, 0.5) is 0 Å². The topological polar surface area (TPSA) is 46.5 Å². The van der Waals surface area contributed by atoms with Gasteiger partial charge in [-0.25, -0.2) is 4.79 Å². The summed E-state index contributed by atoms with van der Waals surface area (Å²) < 4.78 is 5.62. The van der Waals surface area contributed by atoms with Gasteiger partial charge in [0.15, 0.2) is 0 Å². The third kappa shape index (κ3) is 6.45. The Morgan fingerprint density at radius 1 is 0.962 bits per heavy atom. The van der Waals surface area contributed by atoms with E-state index >= 15 is 0 Å². The predicted molar refractivity (Wildman–Crippen MR) is 107 cm³/mol. The van der Waals surface area contributed by atoms with Crippen molar-refractivity contribution in [2.75, 3.05) is 0 Å². The van der Waals surface area contributed by atoms with E-state index in [1.165, 1.54) is 19.3 Å². The summed E-state index contributed by atoms with van der Waals surface area (Å²) in [5.41, 5.74) is 0.617. The normalized spacial score (nSPS) is 13.5. The van der Waals surface area contributed by atoms with Crippen LogP contribution < -0.4 is 0 Å². The van der Waals surface area contributed by atoms with Crippen molar-refractivity contribution >= 4 is 16.7 Å². The van der Waals surface area contributed by atoms with Gasteiger partial charge in [-0.2, -0.15) is 0 Å². The second-order valence-corrected chi connectivity index (χ2v) is 7.18. The Morgan fingerprint density at radius 2 is 1.69 bits per heavy atom. The molecule has 0 radical (unpaired) electrons. The van der Waals surface area contributed by atoms with E-state index in [2.05, 4.69) is 6.92 Å². The monoisotopic (exact) mass is 356 g/mol. The highest BCUT2D eigenvalue weighted by Crippen LogP contribution is 2.20. The summed E-state index contributed by atoms with van der Waals surface area (Å²) >= 11 is 0. The van der Waals surface area contributed by atoms with E-state index in [-0.39, 0.29) is 18.2 Å². The summed E-state index contributed by atoms with van der Waals surface area (Å²) in [7, 11) is 0. The molecule has 0 heterocycles. The lowest BCUT2D eigenvalue weighted by atomic mass is 10.0. The van der Waals surface area contributed by atoms with Gasteiger partial charge in [-0.1, -0.05) is 69.0 Å². The van der Waals surface area contributed by atoms with Gasteiger partial charge in [-0.05, 0) is 49.4 Å². The number of aliphatic hydroxyl groups is 1. The lowest BCUT2D eigenvalue weighted by molar-refractivity contribution is 0.0313. The van der Waals surface area contributed by atoms with Crippen LogP contribution in [-0.4, -0.2) is 23.3 Å². The van der Waals surface area contributed by atoms with Crippen LogP contribution in [0.5, 0.6) is 0 Å². The zero-order valence-corrected chi connectivity index (χ0v) is 16.1. The quantitative estimate of drug-likeness (QED) is 0.403. The average molecular weight is 357 g/mol. The smallest absolute Gasteiger partial charge is 0.339 e. The Labute approximate surface area is 157 Å². The van der Waals surface area contributed by atoms with Gasteiger partial charge < -0.3 is 9.84 Å². The number of carbonyl (C=O) groups is 1. The van der Waals surface area contributed by atoms with Gasteiger partial charge in [-0.3, -0.25) is 0 Å². The van der Waals surface area contributed by atoms with E-state index in [0.29, 0.717) is 5.56 Å². The van der Waals surface area contributed by atoms with E-state index in [1.807, 2.05) is 49.4 Å². The Hall–Kier alpha value is -1.87. The Morgan fingerprint density at radius 3 is 2.50 bits per heavy atom. The van der Waals surface area contributed by atoms with E-state index in [4.69, 9.17) is 4.74 Å². The van der Waals surface area contributed by atoms with Gasteiger partial charge >= 0.3 is 5.97 Å².